The number of hydrogen-bond acceptors (Lipinski definition) is 2. The van der Waals surface area contributed by atoms with Crippen LogP contribution in [0.25, 0.3) is 16.6 Å². The molecule has 3 nitrogen and oxygen atoms in total. The summed E-state index contributed by atoms with van der Waals surface area (Å²) in [6.45, 7) is 8.25. The summed E-state index contributed by atoms with van der Waals surface area (Å²) in [5.41, 5.74) is 3.78. The van der Waals surface area contributed by atoms with Gasteiger partial charge in [-0.15, -0.1) is 0 Å². The Morgan fingerprint density at radius 2 is 1.74 bits per heavy atom. The Morgan fingerprint density at radius 1 is 1.04 bits per heavy atom. The SMILES string of the molecule is CCC(C)c1nc2cccc(C)c2c(=O)n1-c1ccccc1C. The summed E-state index contributed by atoms with van der Waals surface area (Å²) in [7, 11) is 0. The number of nitrogens with zero attached hydrogens (tertiary/aromatic N) is 2. The van der Waals surface area contributed by atoms with Gasteiger partial charge in [0.15, 0.2) is 0 Å². The zero-order chi connectivity index (χ0) is 16.6. The van der Waals surface area contributed by atoms with Gasteiger partial charge in [-0.25, -0.2) is 4.98 Å². The first-order valence-corrected chi connectivity index (χ1v) is 8.12. The number of hydrogen-bond donors (Lipinski definition) is 0. The van der Waals surface area contributed by atoms with Gasteiger partial charge in [-0.1, -0.05) is 44.2 Å². The van der Waals surface area contributed by atoms with Crippen LogP contribution < -0.4 is 5.56 Å². The Hall–Kier alpha value is -2.42. The minimum absolute atomic E-state index is 0.0256. The number of aryl methyl sites for hydroxylation is 2. The van der Waals surface area contributed by atoms with Crippen molar-refractivity contribution in [3.63, 3.8) is 0 Å². The summed E-state index contributed by atoms with van der Waals surface area (Å²) in [6, 6.07) is 13.8. The van der Waals surface area contributed by atoms with Gasteiger partial charge in [-0.3, -0.25) is 9.36 Å². The van der Waals surface area contributed by atoms with E-state index >= 15 is 0 Å². The molecule has 3 heteroatoms. The number of fused-ring (bicyclic) bond motifs is 1. The summed E-state index contributed by atoms with van der Waals surface area (Å²) < 4.78 is 1.80. The third-order valence-electron chi connectivity index (χ3n) is 4.54. The van der Waals surface area contributed by atoms with Gasteiger partial charge in [0, 0.05) is 5.92 Å². The van der Waals surface area contributed by atoms with E-state index in [2.05, 4.69) is 13.8 Å². The molecular formula is C20H22N2O. The maximum atomic E-state index is 13.3. The summed E-state index contributed by atoms with van der Waals surface area (Å²) in [5, 5.41) is 0.711. The fourth-order valence-electron chi connectivity index (χ4n) is 2.97. The van der Waals surface area contributed by atoms with Crippen molar-refractivity contribution in [3.05, 3.63) is 69.8 Å². The molecule has 23 heavy (non-hydrogen) atoms. The monoisotopic (exact) mass is 306 g/mol. The number of rotatable bonds is 3. The lowest BCUT2D eigenvalue weighted by atomic mass is 10.1. The van der Waals surface area contributed by atoms with Gasteiger partial charge in [0.1, 0.15) is 5.82 Å². The molecule has 0 saturated carbocycles. The number of aromatic nitrogens is 2. The normalized spacial score (nSPS) is 12.5. The van der Waals surface area contributed by atoms with Crippen molar-refractivity contribution in [2.45, 2.75) is 40.0 Å². The van der Waals surface area contributed by atoms with E-state index in [1.54, 1.807) is 4.57 Å². The lowest BCUT2D eigenvalue weighted by molar-refractivity contribution is 0.648. The lowest BCUT2D eigenvalue weighted by Crippen LogP contribution is -2.26. The Kier molecular flexibility index (Phi) is 4.03. The van der Waals surface area contributed by atoms with Crippen molar-refractivity contribution in [3.8, 4) is 5.69 Å². The predicted molar refractivity (Wildman–Crippen MR) is 95.5 cm³/mol. The first-order valence-electron chi connectivity index (χ1n) is 8.12. The second-order valence-electron chi connectivity index (χ2n) is 6.18. The van der Waals surface area contributed by atoms with Crippen LogP contribution in [0.4, 0.5) is 0 Å². The molecule has 1 heterocycles. The first kappa shape index (κ1) is 15.5. The smallest absolute Gasteiger partial charge is 0.266 e. The molecule has 0 N–H and O–H groups in total. The van der Waals surface area contributed by atoms with Crippen molar-refractivity contribution in [2.75, 3.05) is 0 Å². The van der Waals surface area contributed by atoms with Crippen LogP contribution in [-0.4, -0.2) is 9.55 Å². The summed E-state index contributed by atoms with van der Waals surface area (Å²) >= 11 is 0. The fraction of sp³-hybridized carbons (Fsp3) is 0.300. The van der Waals surface area contributed by atoms with Gasteiger partial charge >= 0.3 is 0 Å². The van der Waals surface area contributed by atoms with Crippen LogP contribution in [0.5, 0.6) is 0 Å². The highest BCUT2D eigenvalue weighted by Gasteiger charge is 2.18. The molecule has 118 valence electrons. The lowest BCUT2D eigenvalue weighted by Gasteiger charge is -2.19. The minimum atomic E-state index is 0.0256. The molecule has 0 aliphatic rings. The second-order valence-corrected chi connectivity index (χ2v) is 6.18. The van der Waals surface area contributed by atoms with E-state index in [-0.39, 0.29) is 11.5 Å². The molecule has 1 unspecified atom stereocenters. The highest BCUT2D eigenvalue weighted by atomic mass is 16.1. The van der Waals surface area contributed by atoms with E-state index in [9.17, 15) is 4.79 Å². The van der Waals surface area contributed by atoms with Gasteiger partial charge in [0.05, 0.1) is 16.6 Å². The third-order valence-corrected chi connectivity index (χ3v) is 4.54. The topological polar surface area (TPSA) is 34.9 Å². The zero-order valence-electron chi connectivity index (χ0n) is 14.1. The van der Waals surface area contributed by atoms with Crippen LogP contribution in [0.1, 0.15) is 43.1 Å². The largest absolute Gasteiger partial charge is 0.268 e. The number of para-hydroxylation sites is 1. The van der Waals surface area contributed by atoms with Crippen molar-refractivity contribution in [1.29, 1.82) is 0 Å². The molecule has 1 atom stereocenters. The summed E-state index contributed by atoms with van der Waals surface area (Å²) in [5.74, 6) is 1.05. The highest BCUT2D eigenvalue weighted by molar-refractivity contribution is 5.81. The highest BCUT2D eigenvalue weighted by Crippen LogP contribution is 2.24. The predicted octanol–water partition coefficient (Wildman–Crippen LogP) is 4.52. The van der Waals surface area contributed by atoms with Gasteiger partial charge in [0.25, 0.3) is 5.56 Å². The minimum Gasteiger partial charge on any atom is -0.268 e. The third kappa shape index (κ3) is 2.56. The standard InChI is InChI=1S/C20H22N2O/c1-5-13(2)19-21-16-11-8-10-15(4)18(16)20(23)22(19)17-12-7-6-9-14(17)3/h6-13H,5H2,1-4H3. The molecule has 1 aromatic heterocycles. The molecule has 2 aromatic carbocycles. The maximum absolute atomic E-state index is 13.3. The van der Waals surface area contributed by atoms with Crippen LogP contribution in [0.3, 0.4) is 0 Å². The van der Waals surface area contributed by atoms with E-state index in [4.69, 9.17) is 4.98 Å². The second kappa shape index (κ2) is 5.99. The molecular weight excluding hydrogens is 284 g/mol. The molecule has 0 bridgehead atoms. The maximum Gasteiger partial charge on any atom is 0.266 e. The van der Waals surface area contributed by atoms with Crippen LogP contribution in [0.15, 0.2) is 47.3 Å². The van der Waals surface area contributed by atoms with E-state index in [1.807, 2.05) is 56.3 Å². The van der Waals surface area contributed by atoms with Crippen LogP contribution in [-0.2, 0) is 0 Å². The van der Waals surface area contributed by atoms with Crippen molar-refractivity contribution in [1.82, 2.24) is 9.55 Å². The van der Waals surface area contributed by atoms with Gasteiger partial charge < -0.3 is 0 Å². The Balaban J connectivity index is 2.48. The molecule has 0 amide bonds. The molecule has 3 rings (SSSR count). The molecule has 0 aliphatic heterocycles. The molecule has 0 aliphatic carbocycles. The van der Waals surface area contributed by atoms with Gasteiger partial charge in [-0.2, -0.15) is 0 Å². The van der Waals surface area contributed by atoms with E-state index < -0.39 is 0 Å². The van der Waals surface area contributed by atoms with E-state index in [0.717, 1.165) is 34.6 Å². The quantitative estimate of drug-likeness (QED) is 0.713. The Morgan fingerprint density at radius 3 is 2.43 bits per heavy atom. The average Bonchev–Trinajstić information content (AvgIpc) is 2.55. The summed E-state index contributed by atoms with van der Waals surface area (Å²) in [6.07, 6.45) is 0.940. The zero-order valence-corrected chi connectivity index (χ0v) is 14.1. The van der Waals surface area contributed by atoms with Crippen molar-refractivity contribution in [2.24, 2.45) is 0 Å². The average molecular weight is 306 g/mol. The Bertz CT molecular complexity index is 925. The number of benzene rings is 2. The van der Waals surface area contributed by atoms with Gasteiger partial charge in [-0.05, 0) is 43.5 Å². The van der Waals surface area contributed by atoms with E-state index in [1.165, 1.54) is 0 Å². The molecule has 0 radical (unpaired) electrons. The summed E-state index contributed by atoms with van der Waals surface area (Å²) in [4.78, 5) is 18.1. The first-order chi connectivity index (χ1) is 11.0. The van der Waals surface area contributed by atoms with Gasteiger partial charge in [0.2, 0.25) is 0 Å². The van der Waals surface area contributed by atoms with Crippen molar-refractivity contribution >= 4 is 10.9 Å². The fourth-order valence-corrected chi connectivity index (χ4v) is 2.97. The molecule has 0 fully saturated rings. The van der Waals surface area contributed by atoms with Crippen molar-refractivity contribution < 1.29 is 0 Å². The van der Waals surface area contributed by atoms with E-state index in [0.29, 0.717) is 5.39 Å². The van der Waals surface area contributed by atoms with Crippen LogP contribution in [0, 0.1) is 13.8 Å². The molecule has 0 saturated heterocycles. The molecule has 3 aromatic rings. The van der Waals surface area contributed by atoms with Crippen LogP contribution >= 0.6 is 0 Å². The Labute approximate surface area is 136 Å². The molecule has 0 spiro atoms. The van der Waals surface area contributed by atoms with Crippen LogP contribution in [0.2, 0.25) is 0 Å².